The number of hydrogen-bond acceptors (Lipinski definition) is 1. The lowest BCUT2D eigenvalue weighted by Gasteiger charge is -2.12. The molecule has 2 nitrogen and oxygen atoms in total. The summed E-state index contributed by atoms with van der Waals surface area (Å²) in [5.41, 5.74) is 14.8. The average molecular weight is 625 g/mol. The third-order valence-corrected chi connectivity index (χ3v) is 9.40. The summed E-state index contributed by atoms with van der Waals surface area (Å²) in [5, 5.41) is 2.54. The molecule has 0 radical (unpaired) electrons. The molecule has 49 heavy (non-hydrogen) atoms. The summed E-state index contributed by atoms with van der Waals surface area (Å²) in [6.45, 7) is 0. The van der Waals surface area contributed by atoms with Crippen molar-refractivity contribution in [3.05, 3.63) is 194 Å². The van der Waals surface area contributed by atoms with Gasteiger partial charge in [-0.1, -0.05) is 152 Å². The number of para-hydroxylation sites is 2. The third kappa shape index (κ3) is 5.40. The van der Waals surface area contributed by atoms with E-state index in [1.54, 1.807) is 0 Å². The molecular formula is C47H32N2. The Morgan fingerprint density at radius 3 is 1.29 bits per heavy atom. The van der Waals surface area contributed by atoms with Crippen LogP contribution in [0.3, 0.4) is 0 Å². The van der Waals surface area contributed by atoms with E-state index in [1.165, 1.54) is 44.1 Å². The van der Waals surface area contributed by atoms with Crippen LogP contribution in [0.4, 0.5) is 0 Å². The predicted molar refractivity (Wildman–Crippen MR) is 206 cm³/mol. The van der Waals surface area contributed by atoms with Gasteiger partial charge in [-0.2, -0.15) is 0 Å². The van der Waals surface area contributed by atoms with Crippen molar-refractivity contribution in [3.63, 3.8) is 0 Å². The standard InChI is InChI=1S/C47H32N2/c1-3-13-35(14-4-1)44-31-40(32-45(48-44)36-15-5-2-6-16-36)34-27-25-33(26-28-34)37-17-11-18-38(29-37)39-19-12-20-41(30-39)49-46-23-9-7-21-42(46)43-22-8-10-24-47(43)49/h1-32H. The summed E-state index contributed by atoms with van der Waals surface area (Å²) >= 11 is 0. The molecule has 7 aromatic carbocycles. The molecule has 0 N–H and O–H groups in total. The average Bonchev–Trinajstić information content (AvgIpc) is 3.53. The van der Waals surface area contributed by atoms with E-state index < -0.39 is 0 Å². The van der Waals surface area contributed by atoms with E-state index in [9.17, 15) is 0 Å². The van der Waals surface area contributed by atoms with Crippen LogP contribution in [0.15, 0.2) is 194 Å². The maximum absolute atomic E-state index is 5.05. The topological polar surface area (TPSA) is 17.8 Å². The first-order valence-electron chi connectivity index (χ1n) is 16.7. The van der Waals surface area contributed by atoms with Crippen LogP contribution in [-0.2, 0) is 0 Å². The summed E-state index contributed by atoms with van der Waals surface area (Å²) in [4.78, 5) is 5.05. The van der Waals surface area contributed by atoms with Gasteiger partial charge in [0.25, 0.3) is 0 Å². The normalized spacial score (nSPS) is 11.3. The van der Waals surface area contributed by atoms with Gasteiger partial charge in [-0.25, -0.2) is 4.98 Å². The highest BCUT2D eigenvalue weighted by molar-refractivity contribution is 6.09. The quantitative estimate of drug-likeness (QED) is 0.180. The molecule has 0 aliphatic carbocycles. The van der Waals surface area contributed by atoms with Gasteiger partial charge in [-0.15, -0.1) is 0 Å². The van der Waals surface area contributed by atoms with Crippen molar-refractivity contribution in [3.8, 4) is 61.6 Å². The van der Waals surface area contributed by atoms with E-state index in [2.05, 4.69) is 187 Å². The number of nitrogens with zero attached hydrogens (tertiary/aromatic N) is 2. The van der Waals surface area contributed by atoms with E-state index in [4.69, 9.17) is 4.98 Å². The van der Waals surface area contributed by atoms with Crippen molar-refractivity contribution in [2.24, 2.45) is 0 Å². The van der Waals surface area contributed by atoms with E-state index in [-0.39, 0.29) is 0 Å². The number of aromatic nitrogens is 2. The smallest absolute Gasteiger partial charge is 0.0715 e. The molecule has 9 rings (SSSR count). The van der Waals surface area contributed by atoms with Gasteiger partial charge < -0.3 is 4.57 Å². The minimum absolute atomic E-state index is 0.969. The van der Waals surface area contributed by atoms with Gasteiger partial charge in [-0.05, 0) is 75.8 Å². The first kappa shape index (κ1) is 28.7. The molecule has 0 aliphatic rings. The lowest BCUT2D eigenvalue weighted by molar-refractivity contribution is 1.18. The minimum Gasteiger partial charge on any atom is -0.309 e. The van der Waals surface area contributed by atoms with Crippen LogP contribution in [0.5, 0.6) is 0 Å². The third-order valence-electron chi connectivity index (χ3n) is 9.40. The van der Waals surface area contributed by atoms with Crippen molar-refractivity contribution in [2.75, 3.05) is 0 Å². The summed E-state index contributed by atoms with van der Waals surface area (Å²) in [6, 6.07) is 69.2. The second-order valence-corrected chi connectivity index (χ2v) is 12.4. The molecule has 2 aromatic heterocycles. The van der Waals surface area contributed by atoms with Crippen LogP contribution in [0.25, 0.3) is 83.4 Å². The maximum Gasteiger partial charge on any atom is 0.0715 e. The Kier molecular flexibility index (Phi) is 7.18. The minimum atomic E-state index is 0.969. The van der Waals surface area contributed by atoms with Crippen LogP contribution in [0, 0.1) is 0 Å². The predicted octanol–water partition coefficient (Wildman–Crippen LogP) is 12.5. The zero-order valence-corrected chi connectivity index (χ0v) is 26.9. The van der Waals surface area contributed by atoms with Gasteiger partial charge in [0.2, 0.25) is 0 Å². The first-order chi connectivity index (χ1) is 24.3. The lowest BCUT2D eigenvalue weighted by Crippen LogP contribution is -1.94. The molecule has 0 bridgehead atoms. The summed E-state index contributed by atoms with van der Waals surface area (Å²) in [6.07, 6.45) is 0. The number of rotatable bonds is 6. The molecule has 0 saturated carbocycles. The molecule has 2 heterocycles. The second-order valence-electron chi connectivity index (χ2n) is 12.4. The van der Waals surface area contributed by atoms with E-state index >= 15 is 0 Å². The summed E-state index contributed by atoms with van der Waals surface area (Å²) in [5.74, 6) is 0. The van der Waals surface area contributed by atoms with Crippen molar-refractivity contribution >= 4 is 21.8 Å². The number of hydrogen-bond donors (Lipinski definition) is 0. The van der Waals surface area contributed by atoms with Gasteiger partial charge in [0.05, 0.1) is 22.4 Å². The SMILES string of the molecule is c1ccc(-c2cc(-c3ccc(-c4cccc(-c5cccc(-n6c7ccccc7c7ccccc76)c5)c4)cc3)cc(-c3ccccc3)n2)cc1. The van der Waals surface area contributed by atoms with Crippen LogP contribution in [0.1, 0.15) is 0 Å². The molecular weight excluding hydrogens is 593 g/mol. The van der Waals surface area contributed by atoms with E-state index in [0.29, 0.717) is 0 Å². The fraction of sp³-hybridized carbons (Fsp3) is 0. The highest BCUT2D eigenvalue weighted by atomic mass is 15.0. The monoisotopic (exact) mass is 624 g/mol. The molecule has 0 spiro atoms. The highest BCUT2D eigenvalue weighted by Gasteiger charge is 2.13. The summed E-state index contributed by atoms with van der Waals surface area (Å²) in [7, 11) is 0. The van der Waals surface area contributed by atoms with Crippen LogP contribution in [0.2, 0.25) is 0 Å². The Bertz CT molecular complexity index is 2470. The molecule has 0 saturated heterocycles. The molecule has 230 valence electrons. The zero-order chi connectivity index (χ0) is 32.6. The number of pyridine rings is 1. The largest absolute Gasteiger partial charge is 0.309 e. The Morgan fingerprint density at radius 1 is 0.286 bits per heavy atom. The number of fused-ring (bicyclic) bond motifs is 3. The fourth-order valence-electron chi connectivity index (χ4n) is 6.97. The molecule has 0 atom stereocenters. The molecule has 0 fully saturated rings. The maximum atomic E-state index is 5.05. The van der Waals surface area contributed by atoms with E-state index in [0.717, 1.165) is 39.3 Å². The molecule has 9 aromatic rings. The van der Waals surface area contributed by atoms with E-state index in [1.807, 2.05) is 12.1 Å². The first-order valence-corrected chi connectivity index (χ1v) is 16.7. The summed E-state index contributed by atoms with van der Waals surface area (Å²) < 4.78 is 2.38. The van der Waals surface area contributed by atoms with Crippen LogP contribution in [-0.4, -0.2) is 9.55 Å². The fourth-order valence-corrected chi connectivity index (χ4v) is 6.97. The van der Waals surface area contributed by atoms with Crippen LogP contribution >= 0.6 is 0 Å². The van der Waals surface area contributed by atoms with Crippen molar-refractivity contribution in [1.82, 2.24) is 9.55 Å². The van der Waals surface area contributed by atoms with Crippen molar-refractivity contribution in [1.29, 1.82) is 0 Å². The Hall–Kier alpha value is -6.51. The lowest BCUT2D eigenvalue weighted by atomic mass is 9.96. The van der Waals surface area contributed by atoms with Gasteiger partial charge in [0.1, 0.15) is 0 Å². The van der Waals surface area contributed by atoms with Gasteiger partial charge >= 0.3 is 0 Å². The van der Waals surface area contributed by atoms with Gasteiger partial charge in [-0.3, -0.25) is 0 Å². The molecule has 2 heteroatoms. The van der Waals surface area contributed by atoms with Crippen molar-refractivity contribution in [2.45, 2.75) is 0 Å². The molecule has 0 amide bonds. The number of benzene rings is 7. The second kappa shape index (κ2) is 12.3. The Balaban J connectivity index is 1.06. The van der Waals surface area contributed by atoms with Gasteiger partial charge in [0, 0.05) is 27.6 Å². The van der Waals surface area contributed by atoms with Gasteiger partial charge in [0.15, 0.2) is 0 Å². The highest BCUT2D eigenvalue weighted by Crippen LogP contribution is 2.35. The Labute approximate surface area is 286 Å². The molecule has 0 unspecified atom stereocenters. The van der Waals surface area contributed by atoms with Crippen LogP contribution < -0.4 is 0 Å². The Morgan fingerprint density at radius 2 is 0.714 bits per heavy atom. The molecule has 0 aliphatic heterocycles. The zero-order valence-electron chi connectivity index (χ0n) is 26.9. The van der Waals surface area contributed by atoms with Crippen molar-refractivity contribution < 1.29 is 0 Å².